The number of hydrogen-bond donors (Lipinski definition) is 1. The van der Waals surface area contributed by atoms with E-state index in [0.29, 0.717) is 13.2 Å². The van der Waals surface area contributed by atoms with E-state index in [2.05, 4.69) is 12.1 Å². The molecule has 3 heteroatoms. The lowest BCUT2D eigenvalue weighted by molar-refractivity contribution is 0.302. The maximum atomic E-state index is 5.91. The van der Waals surface area contributed by atoms with Crippen molar-refractivity contribution >= 4 is 11.6 Å². The van der Waals surface area contributed by atoms with Crippen LogP contribution in [0.5, 0.6) is 5.75 Å². The molecule has 0 unspecified atom stereocenters. The van der Waals surface area contributed by atoms with Crippen molar-refractivity contribution in [2.24, 2.45) is 5.73 Å². The van der Waals surface area contributed by atoms with Gasteiger partial charge in [0.25, 0.3) is 0 Å². The van der Waals surface area contributed by atoms with Gasteiger partial charge in [0.15, 0.2) is 0 Å². The van der Waals surface area contributed by atoms with E-state index in [1.54, 1.807) is 0 Å². The van der Waals surface area contributed by atoms with Crippen LogP contribution in [0.15, 0.2) is 36.4 Å². The Kier molecular flexibility index (Phi) is 4.46. The molecule has 0 bridgehead atoms. The van der Waals surface area contributed by atoms with E-state index in [1.165, 1.54) is 0 Å². The number of halogens is 1. The van der Waals surface area contributed by atoms with Gasteiger partial charge in [-0.25, -0.2) is 0 Å². The molecule has 0 saturated heterocycles. The van der Waals surface area contributed by atoms with E-state index in [0.717, 1.165) is 33.0 Å². The standard InChI is InChI=1S/C16H18ClNO/c1-11-7-14(9-18)8-12(2)16(11)19-10-13-3-5-15(17)6-4-13/h3-8H,9-10,18H2,1-2H3. The minimum Gasteiger partial charge on any atom is -0.488 e. The third-order valence-corrected chi connectivity index (χ3v) is 3.30. The van der Waals surface area contributed by atoms with Crippen LogP contribution in [0.1, 0.15) is 22.3 Å². The number of nitrogens with two attached hydrogens (primary N) is 1. The van der Waals surface area contributed by atoms with Gasteiger partial charge in [0.1, 0.15) is 12.4 Å². The zero-order valence-electron chi connectivity index (χ0n) is 11.2. The summed E-state index contributed by atoms with van der Waals surface area (Å²) in [7, 11) is 0. The average molecular weight is 276 g/mol. The molecule has 0 amide bonds. The summed E-state index contributed by atoms with van der Waals surface area (Å²) in [5.74, 6) is 0.937. The summed E-state index contributed by atoms with van der Waals surface area (Å²) in [6.07, 6.45) is 0. The maximum Gasteiger partial charge on any atom is 0.125 e. The predicted molar refractivity (Wildman–Crippen MR) is 79.6 cm³/mol. The molecule has 0 fully saturated rings. The second kappa shape index (κ2) is 6.09. The number of ether oxygens (including phenoxy) is 1. The Morgan fingerprint density at radius 2 is 1.58 bits per heavy atom. The average Bonchev–Trinajstić information content (AvgIpc) is 2.39. The quantitative estimate of drug-likeness (QED) is 0.915. The SMILES string of the molecule is Cc1cc(CN)cc(C)c1OCc1ccc(Cl)cc1. The third-order valence-electron chi connectivity index (χ3n) is 3.05. The Morgan fingerprint density at radius 1 is 1.00 bits per heavy atom. The fourth-order valence-electron chi connectivity index (χ4n) is 2.12. The van der Waals surface area contributed by atoms with Crippen LogP contribution in [0, 0.1) is 13.8 Å². The summed E-state index contributed by atoms with van der Waals surface area (Å²) >= 11 is 5.86. The monoisotopic (exact) mass is 275 g/mol. The van der Waals surface area contributed by atoms with Crippen LogP contribution in [0.2, 0.25) is 5.02 Å². The van der Waals surface area contributed by atoms with Gasteiger partial charge in [0, 0.05) is 11.6 Å². The second-order valence-electron chi connectivity index (χ2n) is 4.68. The second-order valence-corrected chi connectivity index (χ2v) is 5.11. The summed E-state index contributed by atoms with van der Waals surface area (Å²) < 4.78 is 5.91. The van der Waals surface area contributed by atoms with E-state index >= 15 is 0 Å². The van der Waals surface area contributed by atoms with Gasteiger partial charge in [0.2, 0.25) is 0 Å². The molecule has 2 aromatic rings. The molecular weight excluding hydrogens is 258 g/mol. The van der Waals surface area contributed by atoms with Crippen molar-refractivity contribution < 1.29 is 4.74 Å². The smallest absolute Gasteiger partial charge is 0.125 e. The molecular formula is C16H18ClNO. The first kappa shape index (κ1) is 13.9. The van der Waals surface area contributed by atoms with Crippen molar-refractivity contribution in [1.82, 2.24) is 0 Å². The topological polar surface area (TPSA) is 35.2 Å². The molecule has 0 aliphatic heterocycles. The van der Waals surface area contributed by atoms with E-state index in [9.17, 15) is 0 Å². The first-order valence-corrected chi connectivity index (χ1v) is 6.65. The fourth-order valence-corrected chi connectivity index (χ4v) is 2.25. The van der Waals surface area contributed by atoms with Crippen LogP contribution >= 0.6 is 11.6 Å². The van der Waals surface area contributed by atoms with Crippen molar-refractivity contribution in [2.45, 2.75) is 27.0 Å². The maximum absolute atomic E-state index is 5.91. The summed E-state index contributed by atoms with van der Waals surface area (Å²) in [4.78, 5) is 0. The molecule has 0 saturated carbocycles. The first-order valence-electron chi connectivity index (χ1n) is 6.27. The molecule has 0 heterocycles. The minimum atomic E-state index is 0.542. The summed E-state index contributed by atoms with van der Waals surface area (Å²) in [5.41, 5.74) is 10.1. The van der Waals surface area contributed by atoms with Crippen LogP contribution in [0.25, 0.3) is 0 Å². The van der Waals surface area contributed by atoms with Gasteiger partial charge in [-0.1, -0.05) is 35.9 Å². The Bertz CT molecular complexity index is 540. The Balaban J connectivity index is 2.13. The molecule has 0 aliphatic rings. The number of hydrogen-bond acceptors (Lipinski definition) is 2. The lowest BCUT2D eigenvalue weighted by Crippen LogP contribution is -2.02. The van der Waals surface area contributed by atoms with Crippen LogP contribution < -0.4 is 10.5 Å². The largest absolute Gasteiger partial charge is 0.488 e. The van der Waals surface area contributed by atoms with Crippen molar-refractivity contribution in [2.75, 3.05) is 0 Å². The van der Waals surface area contributed by atoms with Crippen LogP contribution in [0.3, 0.4) is 0 Å². The molecule has 0 aliphatic carbocycles. The highest BCUT2D eigenvalue weighted by Gasteiger charge is 2.06. The van der Waals surface area contributed by atoms with Gasteiger partial charge in [-0.05, 0) is 48.2 Å². The third kappa shape index (κ3) is 3.49. The van der Waals surface area contributed by atoms with Crippen molar-refractivity contribution in [1.29, 1.82) is 0 Å². The summed E-state index contributed by atoms with van der Waals surface area (Å²) in [5, 5.41) is 0.739. The molecule has 2 nitrogen and oxygen atoms in total. The fraction of sp³-hybridized carbons (Fsp3) is 0.250. The zero-order valence-corrected chi connectivity index (χ0v) is 12.0. The highest BCUT2D eigenvalue weighted by molar-refractivity contribution is 6.30. The Morgan fingerprint density at radius 3 is 2.11 bits per heavy atom. The number of benzene rings is 2. The molecule has 0 atom stereocenters. The molecule has 0 spiro atoms. The highest BCUT2D eigenvalue weighted by atomic mass is 35.5. The molecule has 100 valence electrons. The van der Waals surface area contributed by atoms with Gasteiger partial charge in [-0.2, -0.15) is 0 Å². The van der Waals surface area contributed by atoms with Crippen LogP contribution in [-0.2, 0) is 13.2 Å². The Labute approximate surface area is 119 Å². The number of aryl methyl sites for hydroxylation is 2. The van der Waals surface area contributed by atoms with Crippen LogP contribution in [0.4, 0.5) is 0 Å². The van der Waals surface area contributed by atoms with Gasteiger partial charge < -0.3 is 10.5 Å². The summed E-state index contributed by atoms with van der Waals surface area (Å²) in [6, 6.07) is 11.8. The predicted octanol–water partition coefficient (Wildman–Crippen LogP) is 3.99. The first-order chi connectivity index (χ1) is 9.10. The van der Waals surface area contributed by atoms with E-state index in [1.807, 2.05) is 38.1 Å². The van der Waals surface area contributed by atoms with Gasteiger partial charge >= 0.3 is 0 Å². The van der Waals surface area contributed by atoms with Crippen LogP contribution in [-0.4, -0.2) is 0 Å². The lowest BCUT2D eigenvalue weighted by Gasteiger charge is -2.13. The lowest BCUT2D eigenvalue weighted by atomic mass is 10.1. The normalized spacial score (nSPS) is 10.5. The zero-order chi connectivity index (χ0) is 13.8. The molecule has 2 rings (SSSR count). The molecule has 0 radical (unpaired) electrons. The van der Waals surface area contributed by atoms with Crippen molar-refractivity contribution in [3.63, 3.8) is 0 Å². The van der Waals surface area contributed by atoms with Gasteiger partial charge in [-0.3, -0.25) is 0 Å². The molecule has 2 aromatic carbocycles. The van der Waals surface area contributed by atoms with Crippen molar-refractivity contribution in [3.8, 4) is 5.75 Å². The van der Waals surface area contributed by atoms with E-state index in [4.69, 9.17) is 22.1 Å². The molecule has 0 aromatic heterocycles. The highest BCUT2D eigenvalue weighted by Crippen LogP contribution is 2.25. The van der Waals surface area contributed by atoms with E-state index in [-0.39, 0.29) is 0 Å². The minimum absolute atomic E-state index is 0.542. The van der Waals surface area contributed by atoms with E-state index < -0.39 is 0 Å². The molecule has 2 N–H and O–H groups in total. The van der Waals surface area contributed by atoms with Gasteiger partial charge in [-0.15, -0.1) is 0 Å². The van der Waals surface area contributed by atoms with Crippen molar-refractivity contribution in [3.05, 3.63) is 63.7 Å². The summed E-state index contributed by atoms with van der Waals surface area (Å²) in [6.45, 7) is 5.19. The number of rotatable bonds is 4. The Hall–Kier alpha value is -1.51. The van der Waals surface area contributed by atoms with Gasteiger partial charge in [0.05, 0.1) is 0 Å². The molecule has 19 heavy (non-hydrogen) atoms.